The molecule has 0 amide bonds. The molecule has 82 valence electrons. The van der Waals surface area contributed by atoms with Crippen LogP contribution in [0, 0.1) is 6.92 Å². The first-order chi connectivity index (χ1) is 6.99. The van der Waals surface area contributed by atoms with Crippen molar-refractivity contribution in [3.8, 4) is 0 Å². The van der Waals surface area contributed by atoms with Gasteiger partial charge in [-0.05, 0) is 31.0 Å². The van der Waals surface area contributed by atoms with Crippen molar-refractivity contribution in [1.29, 1.82) is 0 Å². The summed E-state index contributed by atoms with van der Waals surface area (Å²) in [6.07, 6.45) is 0. The number of anilines is 1. The second-order valence-corrected chi connectivity index (χ2v) is 3.52. The van der Waals surface area contributed by atoms with Gasteiger partial charge in [0.1, 0.15) is 0 Å². The normalized spacial score (nSPS) is 12.3. The van der Waals surface area contributed by atoms with E-state index in [1.54, 1.807) is 19.1 Å². The Balaban J connectivity index is 3.27. The molecule has 1 atom stereocenters. The Hall–Kier alpha value is -1.55. The molecule has 1 unspecified atom stereocenters. The number of carbonyl (C=O) groups excluding carboxylic acids is 1. The monoisotopic (exact) mass is 208 g/mol. The second kappa shape index (κ2) is 4.31. The number of hydrogen-bond acceptors (Lipinski definition) is 4. The summed E-state index contributed by atoms with van der Waals surface area (Å²) in [7, 11) is 1.34. The third-order valence-electron chi connectivity index (χ3n) is 2.44. The highest BCUT2D eigenvalue weighted by molar-refractivity contribution is 5.92. The third kappa shape index (κ3) is 2.10. The summed E-state index contributed by atoms with van der Waals surface area (Å²) in [6.45, 7) is 3.64. The van der Waals surface area contributed by atoms with E-state index in [1.807, 2.05) is 6.92 Å². The molecule has 0 aliphatic carbocycles. The van der Waals surface area contributed by atoms with Gasteiger partial charge < -0.3 is 16.2 Å². The molecule has 1 rings (SSSR count). The first-order valence-corrected chi connectivity index (χ1v) is 4.72. The predicted octanol–water partition coefficient (Wildman–Crippen LogP) is 1.38. The zero-order valence-electron chi connectivity index (χ0n) is 9.20. The lowest BCUT2D eigenvalue weighted by Crippen LogP contribution is -2.12. The number of hydrogen-bond donors (Lipinski definition) is 2. The lowest BCUT2D eigenvalue weighted by Gasteiger charge is -2.14. The maximum Gasteiger partial charge on any atom is 0.338 e. The van der Waals surface area contributed by atoms with Gasteiger partial charge in [-0.2, -0.15) is 0 Å². The Bertz CT molecular complexity index is 386. The van der Waals surface area contributed by atoms with Gasteiger partial charge in [0.2, 0.25) is 0 Å². The fraction of sp³-hybridized carbons (Fsp3) is 0.364. The minimum Gasteiger partial charge on any atom is -0.465 e. The van der Waals surface area contributed by atoms with Crippen LogP contribution in [0.5, 0.6) is 0 Å². The molecule has 4 heteroatoms. The summed E-state index contributed by atoms with van der Waals surface area (Å²) in [5.41, 5.74) is 14.2. The van der Waals surface area contributed by atoms with E-state index in [1.165, 1.54) is 7.11 Å². The van der Waals surface area contributed by atoms with Crippen LogP contribution in [0.25, 0.3) is 0 Å². The van der Waals surface area contributed by atoms with E-state index < -0.39 is 0 Å². The van der Waals surface area contributed by atoms with Crippen molar-refractivity contribution in [2.75, 3.05) is 12.8 Å². The van der Waals surface area contributed by atoms with Gasteiger partial charge in [0.05, 0.1) is 12.7 Å². The molecule has 0 spiro atoms. The lowest BCUT2D eigenvalue weighted by molar-refractivity contribution is 0.0600. The van der Waals surface area contributed by atoms with E-state index >= 15 is 0 Å². The Morgan fingerprint density at radius 3 is 2.53 bits per heavy atom. The van der Waals surface area contributed by atoms with Gasteiger partial charge in [-0.15, -0.1) is 0 Å². The fourth-order valence-corrected chi connectivity index (χ4v) is 1.48. The quantitative estimate of drug-likeness (QED) is 0.568. The van der Waals surface area contributed by atoms with Crippen molar-refractivity contribution in [1.82, 2.24) is 0 Å². The molecule has 0 bridgehead atoms. The van der Waals surface area contributed by atoms with E-state index in [-0.39, 0.29) is 12.0 Å². The number of nitrogen functional groups attached to an aromatic ring is 1. The van der Waals surface area contributed by atoms with Crippen molar-refractivity contribution in [3.05, 3.63) is 28.8 Å². The largest absolute Gasteiger partial charge is 0.465 e. The van der Waals surface area contributed by atoms with Gasteiger partial charge in [0, 0.05) is 11.7 Å². The van der Waals surface area contributed by atoms with Crippen LogP contribution in [0.15, 0.2) is 12.1 Å². The molecule has 1 aromatic carbocycles. The zero-order valence-corrected chi connectivity index (χ0v) is 9.20. The van der Waals surface area contributed by atoms with Crippen molar-refractivity contribution >= 4 is 11.7 Å². The van der Waals surface area contributed by atoms with Crippen LogP contribution in [-0.2, 0) is 4.74 Å². The SMILES string of the molecule is COC(=O)c1ccc(C(C)N)c(N)c1C. The summed E-state index contributed by atoms with van der Waals surface area (Å²) in [6, 6.07) is 3.31. The summed E-state index contributed by atoms with van der Waals surface area (Å²) < 4.78 is 4.65. The number of methoxy groups -OCH3 is 1. The zero-order chi connectivity index (χ0) is 11.6. The Morgan fingerprint density at radius 2 is 2.07 bits per heavy atom. The molecule has 4 N–H and O–H groups in total. The van der Waals surface area contributed by atoms with Crippen molar-refractivity contribution in [2.24, 2.45) is 5.73 Å². The molecule has 0 saturated heterocycles. The highest BCUT2D eigenvalue weighted by Gasteiger charge is 2.14. The maximum atomic E-state index is 11.4. The number of nitrogens with two attached hydrogens (primary N) is 2. The van der Waals surface area contributed by atoms with Crippen LogP contribution in [0.4, 0.5) is 5.69 Å². The number of ether oxygens (including phenoxy) is 1. The van der Waals surface area contributed by atoms with E-state index in [0.29, 0.717) is 11.3 Å². The highest BCUT2D eigenvalue weighted by atomic mass is 16.5. The minimum atomic E-state index is -0.379. The van der Waals surface area contributed by atoms with Gasteiger partial charge in [0.25, 0.3) is 0 Å². The Morgan fingerprint density at radius 1 is 1.47 bits per heavy atom. The van der Waals surface area contributed by atoms with Crippen LogP contribution in [0.2, 0.25) is 0 Å². The smallest absolute Gasteiger partial charge is 0.338 e. The molecule has 0 radical (unpaired) electrons. The van der Waals surface area contributed by atoms with E-state index in [0.717, 1.165) is 11.1 Å². The standard InChI is InChI=1S/C11H16N2O2/c1-6-8(11(14)15-3)4-5-9(7(2)12)10(6)13/h4-5,7H,12-13H2,1-3H3. The van der Waals surface area contributed by atoms with Crippen LogP contribution in [0.1, 0.15) is 34.5 Å². The van der Waals surface area contributed by atoms with Gasteiger partial charge in [-0.25, -0.2) is 4.79 Å². The average molecular weight is 208 g/mol. The van der Waals surface area contributed by atoms with E-state index in [2.05, 4.69) is 4.74 Å². The average Bonchev–Trinajstić information content (AvgIpc) is 2.20. The topological polar surface area (TPSA) is 78.3 Å². The molecule has 0 heterocycles. The van der Waals surface area contributed by atoms with Gasteiger partial charge in [0.15, 0.2) is 0 Å². The van der Waals surface area contributed by atoms with Gasteiger partial charge in [-0.1, -0.05) is 6.07 Å². The molecule has 0 aromatic heterocycles. The van der Waals surface area contributed by atoms with Gasteiger partial charge in [-0.3, -0.25) is 0 Å². The summed E-state index contributed by atoms with van der Waals surface area (Å²) >= 11 is 0. The van der Waals surface area contributed by atoms with E-state index in [4.69, 9.17) is 11.5 Å². The third-order valence-corrected chi connectivity index (χ3v) is 2.44. The molecule has 1 aromatic rings. The fourth-order valence-electron chi connectivity index (χ4n) is 1.48. The van der Waals surface area contributed by atoms with Gasteiger partial charge >= 0.3 is 5.97 Å². The molecular formula is C11H16N2O2. The molecule has 4 nitrogen and oxygen atoms in total. The number of carbonyl (C=O) groups is 1. The minimum absolute atomic E-state index is 0.143. The van der Waals surface area contributed by atoms with Crippen LogP contribution in [-0.4, -0.2) is 13.1 Å². The second-order valence-electron chi connectivity index (χ2n) is 3.52. The number of rotatable bonds is 2. The van der Waals surface area contributed by atoms with Crippen LogP contribution in [0.3, 0.4) is 0 Å². The summed E-state index contributed by atoms with van der Waals surface area (Å²) in [5, 5.41) is 0. The molecule has 0 aliphatic rings. The molecule has 0 aliphatic heterocycles. The lowest BCUT2D eigenvalue weighted by atomic mass is 9.98. The Kier molecular flexibility index (Phi) is 3.31. The summed E-state index contributed by atoms with van der Waals surface area (Å²) in [5.74, 6) is -0.379. The number of benzene rings is 1. The van der Waals surface area contributed by atoms with Crippen LogP contribution >= 0.6 is 0 Å². The predicted molar refractivity (Wildman–Crippen MR) is 59.5 cm³/mol. The molecule has 0 fully saturated rings. The maximum absolute atomic E-state index is 11.4. The highest BCUT2D eigenvalue weighted by Crippen LogP contribution is 2.25. The summed E-state index contributed by atoms with van der Waals surface area (Å²) in [4.78, 5) is 11.4. The molecule has 0 saturated carbocycles. The first kappa shape index (κ1) is 11.5. The first-order valence-electron chi connectivity index (χ1n) is 4.72. The van der Waals surface area contributed by atoms with E-state index in [9.17, 15) is 4.79 Å². The van der Waals surface area contributed by atoms with Crippen LogP contribution < -0.4 is 11.5 Å². The Labute approximate surface area is 89.2 Å². The van der Waals surface area contributed by atoms with Crippen molar-refractivity contribution < 1.29 is 9.53 Å². The number of esters is 1. The molecular weight excluding hydrogens is 192 g/mol. The van der Waals surface area contributed by atoms with Crippen molar-refractivity contribution in [2.45, 2.75) is 19.9 Å². The van der Waals surface area contributed by atoms with Crippen molar-refractivity contribution in [3.63, 3.8) is 0 Å². The molecule has 15 heavy (non-hydrogen) atoms.